The number of carboxylic acids is 1. The normalized spacial score (nSPS) is 15.3. The van der Waals surface area contributed by atoms with E-state index in [0.29, 0.717) is 24.7 Å². The van der Waals surface area contributed by atoms with Crippen molar-refractivity contribution in [2.45, 2.75) is 18.9 Å². The van der Waals surface area contributed by atoms with Gasteiger partial charge in [0.2, 0.25) is 0 Å². The minimum absolute atomic E-state index is 0.0698. The van der Waals surface area contributed by atoms with Gasteiger partial charge < -0.3 is 14.9 Å². The lowest BCUT2D eigenvalue weighted by Gasteiger charge is -2.37. The van der Waals surface area contributed by atoms with E-state index >= 15 is 0 Å². The van der Waals surface area contributed by atoms with E-state index in [1.807, 2.05) is 23.1 Å². The summed E-state index contributed by atoms with van der Waals surface area (Å²) in [7, 11) is 2.09. The van der Waals surface area contributed by atoms with Crippen molar-refractivity contribution in [1.82, 2.24) is 4.90 Å². The van der Waals surface area contributed by atoms with Crippen molar-refractivity contribution in [1.29, 1.82) is 0 Å². The van der Waals surface area contributed by atoms with Crippen LogP contribution in [0.1, 0.15) is 32.9 Å². The second kappa shape index (κ2) is 7.05. The maximum atomic E-state index is 12.5. The molecule has 6 heteroatoms. The molecule has 0 saturated carbocycles. The summed E-state index contributed by atoms with van der Waals surface area (Å²) in [4.78, 5) is 27.8. The third-order valence-corrected chi connectivity index (χ3v) is 5.44. The number of para-hydroxylation sites is 1. The van der Waals surface area contributed by atoms with Crippen LogP contribution in [0.5, 0.6) is 0 Å². The molecule has 0 spiro atoms. The summed E-state index contributed by atoms with van der Waals surface area (Å²) in [6.45, 7) is 1.39. The highest BCUT2D eigenvalue weighted by atomic mass is 32.1. The Labute approximate surface area is 145 Å². The summed E-state index contributed by atoms with van der Waals surface area (Å²) in [6.07, 6.45) is 1.82. The fourth-order valence-electron chi connectivity index (χ4n) is 3.07. The quantitative estimate of drug-likeness (QED) is 0.925. The van der Waals surface area contributed by atoms with E-state index in [4.69, 9.17) is 5.11 Å². The number of rotatable bonds is 4. The number of carbonyl (C=O) groups excluding carboxylic acids is 1. The van der Waals surface area contributed by atoms with Gasteiger partial charge in [-0.15, -0.1) is 11.3 Å². The summed E-state index contributed by atoms with van der Waals surface area (Å²) in [6, 6.07) is 12.1. The molecule has 1 amide bonds. The molecule has 0 atom stereocenters. The molecule has 1 saturated heterocycles. The predicted octanol–water partition coefficient (Wildman–Crippen LogP) is 3.19. The van der Waals surface area contributed by atoms with Crippen molar-refractivity contribution < 1.29 is 14.7 Å². The zero-order chi connectivity index (χ0) is 17.1. The summed E-state index contributed by atoms with van der Waals surface area (Å²) in [5.41, 5.74) is 1.67. The summed E-state index contributed by atoms with van der Waals surface area (Å²) >= 11 is 1.10. The number of carboxylic acid groups (broad SMARTS) is 1. The van der Waals surface area contributed by atoms with Crippen molar-refractivity contribution in [2.75, 3.05) is 25.0 Å². The monoisotopic (exact) mass is 344 g/mol. The van der Waals surface area contributed by atoms with Crippen molar-refractivity contribution in [3.05, 3.63) is 52.2 Å². The first-order chi connectivity index (χ1) is 11.6. The molecule has 1 fully saturated rings. The van der Waals surface area contributed by atoms with Gasteiger partial charge in [0, 0.05) is 37.2 Å². The number of carbonyl (C=O) groups is 2. The van der Waals surface area contributed by atoms with Crippen LogP contribution in [0.4, 0.5) is 5.69 Å². The molecular formula is C18H20N2O3S. The van der Waals surface area contributed by atoms with Crippen LogP contribution in [0.3, 0.4) is 0 Å². The Morgan fingerprint density at radius 1 is 1.21 bits per heavy atom. The molecule has 1 N–H and O–H groups in total. The van der Waals surface area contributed by atoms with Gasteiger partial charge in [-0.1, -0.05) is 18.2 Å². The Kier molecular flexibility index (Phi) is 4.85. The number of hydrogen-bond acceptors (Lipinski definition) is 4. The second-order valence-electron chi connectivity index (χ2n) is 5.97. The Morgan fingerprint density at radius 3 is 2.46 bits per heavy atom. The highest BCUT2D eigenvalue weighted by Crippen LogP contribution is 2.24. The average molecular weight is 344 g/mol. The van der Waals surface area contributed by atoms with Gasteiger partial charge in [-0.25, -0.2) is 4.79 Å². The largest absolute Gasteiger partial charge is 0.477 e. The van der Waals surface area contributed by atoms with Gasteiger partial charge in [0.15, 0.2) is 0 Å². The highest BCUT2D eigenvalue weighted by molar-refractivity contribution is 7.12. The molecule has 1 aromatic heterocycles. The Morgan fingerprint density at radius 2 is 1.88 bits per heavy atom. The number of likely N-dealkylation sites (tertiary alicyclic amines) is 1. The van der Waals surface area contributed by atoms with E-state index in [1.54, 1.807) is 5.38 Å². The van der Waals surface area contributed by atoms with Gasteiger partial charge in [-0.3, -0.25) is 4.79 Å². The summed E-state index contributed by atoms with van der Waals surface area (Å²) in [5.74, 6) is -1.05. The third-order valence-electron chi connectivity index (χ3n) is 4.52. The topological polar surface area (TPSA) is 60.9 Å². The van der Waals surface area contributed by atoms with Gasteiger partial charge in [0.1, 0.15) is 4.88 Å². The van der Waals surface area contributed by atoms with Crippen LogP contribution < -0.4 is 4.90 Å². The minimum Gasteiger partial charge on any atom is -0.477 e. The molecule has 1 aliphatic rings. The van der Waals surface area contributed by atoms with Crippen molar-refractivity contribution in [2.24, 2.45) is 0 Å². The Bertz CT molecular complexity index is 721. The maximum Gasteiger partial charge on any atom is 0.345 e. The predicted molar refractivity (Wildman–Crippen MR) is 95.0 cm³/mol. The molecule has 0 aliphatic carbocycles. The van der Waals surface area contributed by atoms with E-state index in [9.17, 15) is 9.59 Å². The molecule has 0 radical (unpaired) electrons. The fourth-order valence-corrected chi connectivity index (χ4v) is 3.79. The van der Waals surface area contributed by atoms with Crippen molar-refractivity contribution >= 4 is 28.9 Å². The third kappa shape index (κ3) is 3.43. The van der Waals surface area contributed by atoms with Crippen LogP contribution in [-0.2, 0) is 0 Å². The highest BCUT2D eigenvalue weighted by Gasteiger charge is 2.26. The average Bonchev–Trinajstić information content (AvgIpc) is 3.12. The fraction of sp³-hybridized carbons (Fsp3) is 0.333. The zero-order valence-corrected chi connectivity index (χ0v) is 14.3. The summed E-state index contributed by atoms with van der Waals surface area (Å²) < 4.78 is 0. The smallest absolute Gasteiger partial charge is 0.345 e. The number of anilines is 1. The lowest BCUT2D eigenvalue weighted by Crippen LogP contribution is -2.45. The number of aromatic carboxylic acids is 1. The number of piperidine rings is 1. The molecule has 3 rings (SSSR count). The number of benzene rings is 1. The zero-order valence-electron chi connectivity index (χ0n) is 13.5. The molecule has 0 unspecified atom stereocenters. The van der Waals surface area contributed by atoms with Gasteiger partial charge in [-0.05, 0) is 31.0 Å². The van der Waals surface area contributed by atoms with Crippen LogP contribution in [0, 0.1) is 0 Å². The number of thiophene rings is 1. The van der Waals surface area contributed by atoms with Crippen LogP contribution in [-0.4, -0.2) is 48.1 Å². The number of amides is 1. The SMILES string of the molecule is CN(c1ccccc1)C1CCN(C(=O)c2csc(C(=O)O)c2)CC1. The minimum atomic E-state index is -0.984. The lowest BCUT2D eigenvalue weighted by atomic mass is 10.0. The molecular weight excluding hydrogens is 324 g/mol. The molecule has 5 nitrogen and oxygen atoms in total. The van der Waals surface area contributed by atoms with E-state index in [1.165, 1.54) is 11.8 Å². The first-order valence-corrected chi connectivity index (χ1v) is 8.83. The van der Waals surface area contributed by atoms with E-state index < -0.39 is 5.97 Å². The van der Waals surface area contributed by atoms with Crippen molar-refractivity contribution in [3.8, 4) is 0 Å². The van der Waals surface area contributed by atoms with Crippen LogP contribution in [0.25, 0.3) is 0 Å². The molecule has 2 heterocycles. The summed E-state index contributed by atoms with van der Waals surface area (Å²) in [5, 5.41) is 10.6. The Balaban J connectivity index is 1.60. The molecule has 1 aliphatic heterocycles. The van der Waals surface area contributed by atoms with Crippen LogP contribution in [0.2, 0.25) is 0 Å². The standard InChI is InChI=1S/C18H20N2O3S/c1-19(14-5-3-2-4-6-14)15-7-9-20(10-8-15)17(21)13-11-16(18(22)23)24-12-13/h2-6,11-12,15H,7-10H2,1H3,(H,22,23). The number of nitrogens with zero attached hydrogens (tertiary/aromatic N) is 2. The van der Waals surface area contributed by atoms with E-state index in [-0.39, 0.29) is 10.8 Å². The van der Waals surface area contributed by atoms with Gasteiger partial charge in [-0.2, -0.15) is 0 Å². The van der Waals surface area contributed by atoms with Gasteiger partial charge in [0.25, 0.3) is 5.91 Å². The molecule has 0 bridgehead atoms. The first kappa shape index (κ1) is 16.5. The van der Waals surface area contributed by atoms with Crippen molar-refractivity contribution in [3.63, 3.8) is 0 Å². The van der Waals surface area contributed by atoms with Gasteiger partial charge in [0.05, 0.1) is 5.56 Å². The van der Waals surface area contributed by atoms with Gasteiger partial charge >= 0.3 is 5.97 Å². The molecule has 1 aromatic carbocycles. The first-order valence-electron chi connectivity index (χ1n) is 7.95. The number of hydrogen-bond donors (Lipinski definition) is 1. The molecule has 24 heavy (non-hydrogen) atoms. The second-order valence-corrected chi connectivity index (χ2v) is 6.89. The molecule has 2 aromatic rings. The van der Waals surface area contributed by atoms with E-state index in [2.05, 4.69) is 24.1 Å². The molecule has 126 valence electrons. The van der Waals surface area contributed by atoms with Crippen LogP contribution in [0.15, 0.2) is 41.8 Å². The van der Waals surface area contributed by atoms with Crippen LogP contribution >= 0.6 is 11.3 Å². The Hall–Kier alpha value is -2.34. The van der Waals surface area contributed by atoms with E-state index in [0.717, 1.165) is 24.2 Å². The lowest BCUT2D eigenvalue weighted by molar-refractivity contribution is 0.0702. The maximum absolute atomic E-state index is 12.5.